The number of nitrogens with zero attached hydrogens (tertiary/aromatic N) is 1. The van der Waals surface area contributed by atoms with Gasteiger partial charge in [-0.15, -0.1) is 0 Å². The minimum Gasteiger partial charge on any atom is -0.320 e. The van der Waals surface area contributed by atoms with Crippen LogP contribution in [0.15, 0.2) is 42.5 Å². The van der Waals surface area contributed by atoms with Crippen molar-refractivity contribution in [3.05, 3.63) is 59.1 Å². The molecule has 23 heavy (non-hydrogen) atoms. The molecule has 120 valence electrons. The molecule has 0 heterocycles. The molecule has 0 saturated heterocycles. The maximum absolute atomic E-state index is 13.5. The SMILES string of the molecule is CC(=O)N(CC(=O)Nc1c(F)cccc1F)c1ccc(Cl)cc1. The summed E-state index contributed by atoms with van der Waals surface area (Å²) >= 11 is 5.78. The van der Waals surface area contributed by atoms with Crippen LogP contribution in [0.3, 0.4) is 0 Å². The van der Waals surface area contributed by atoms with E-state index in [-0.39, 0.29) is 6.54 Å². The average Bonchev–Trinajstić information content (AvgIpc) is 2.49. The van der Waals surface area contributed by atoms with Crippen LogP contribution in [-0.4, -0.2) is 18.4 Å². The van der Waals surface area contributed by atoms with Crippen molar-refractivity contribution >= 4 is 34.8 Å². The second-order valence-electron chi connectivity index (χ2n) is 4.73. The number of amides is 2. The summed E-state index contributed by atoms with van der Waals surface area (Å²) in [7, 11) is 0. The van der Waals surface area contributed by atoms with Gasteiger partial charge in [-0.05, 0) is 36.4 Å². The highest BCUT2D eigenvalue weighted by Gasteiger charge is 2.18. The molecule has 0 radical (unpaired) electrons. The van der Waals surface area contributed by atoms with Crippen LogP contribution in [0.1, 0.15) is 6.92 Å². The summed E-state index contributed by atoms with van der Waals surface area (Å²) in [5.74, 6) is -2.89. The zero-order valence-corrected chi connectivity index (χ0v) is 12.9. The van der Waals surface area contributed by atoms with Crippen LogP contribution in [0.25, 0.3) is 0 Å². The van der Waals surface area contributed by atoms with Crippen LogP contribution in [0.2, 0.25) is 5.02 Å². The highest BCUT2D eigenvalue weighted by atomic mass is 35.5. The second kappa shape index (κ2) is 7.19. The molecule has 0 aromatic heterocycles. The molecule has 0 aliphatic rings. The van der Waals surface area contributed by atoms with E-state index in [0.29, 0.717) is 10.7 Å². The van der Waals surface area contributed by atoms with Gasteiger partial charge in [-0.3, -0.25) is 9.59 Å². The Morgan fingerprint density at radius 2 is 1.65 bits per heavy atom. The smallest absolute Gasteiger partial charge is 0.244 e. The molecular formula is C16H13ClF2N2O2. The molecule has 0 saturated carbocycles. The summed E-state index contributed by atoms with van der Waals surface area (Å²) in [5, 5.41) is 2.62. The van der Waals surface area contributed by atoms with E-state index in [9.17, 15) is 18.4 Å². The van der Waals surface area contributed by atoms with Gasteiger partial charge in [0.2, 0.25) is 11.8 Å². The van der Waals surface area contributed by atoms with E-state index < -0.39 is 29.1 Å². The van der Waals surface area contributed by atoms with E-state index in [1.54, 1.807) is 24.3 Å². The molecule has 2 rings (SSSR count). The molecule has 2 aromatic rings. The molecule has 0 atom stereocenters. The van der Waals surface area contributed by atoms with E-state index >= 15 is 0 Å². The van der Waals surface area contributed by atoms with Crippen LogP contribution in [-0.2, 0) is 9.59 Å². The first-order valence-electron chi connectivity index (χ1n) is 6.66. The van der Waals surface area contributed by atoms with Gasteiger partial charge in [0.1, 0.15) is 23.9 Å². The summed E-state index contributed by atoms with van der Waals surface area (Å²) in [6.07, 6.45) is 0. The normalized spacial score (nSPS) is 10.3. The van der Waals surface area contributed by atoms with Gasteiger partial charge < -0.3 is 10.2 Å². The Morgan fingerprint density at radius 1 is 1.09 bits per heavy atom. The number of hydrogen-bond acceptors (Lipinski definition) is 2. The monoisotopic (exact) mass is 338 g/mol. The zero-order chi connectivity index (χ0) is 17.0. The Labute approximate surface area is 136 Å². The fourth-order valence-corrected chi connectivity index (χ4v) is 2.07. The van der Waals surface area contributed by atoms with Gasteiger partial charge in [0.15, 0.2) is 0 Å². The van der Waals surface area contributed by atoms with E-state index in [4.69, 9.17) is 11.6 Å². The van der Waals surface area contributed by atoms with E-state index in [1.165, 1.54) is 17.9 Å². The Balaban J connectivity index is 2.16. The predicted octanol–water partition coefficient (Wildman–Crippen LogP) is 3.61. The number of rotatable bonds is 4. The van der Waals surface area contributed by atoms with Crippen molar-refractivity contribution in [2.24, 2.45) is 0 Å². The van der Waals surface area contributed by atoms with Crippen LogP contribution in [0.5, 0.6) is 0 Å². The summed E-state index contributed by atoms with van der Waals surface area (Å²) < 4.78 is 27.0. The van der Waals surface area contributed by atoms with Gasteiger partial charge in [-0.1, -0.05) is 17.7 Å². The minimum absolute atomic E-state index is 0.384. The fourth-order valence-electron chi connectivity index (χ4n) is 1.95. The van der Waals surface area contributed by atoms with E-state index in [2.05, 4.69) is 5.32 Å². The van der Waals surface area contributed by atoms with Gasteiger partial charge in [-0.2, -0.15) is 0 Å². The van der Waals surface area contributed by atoms with E-state index in [0.717, 1.165) is 12.1 Å². The maximum atomic E-state index is 13.5. The number of anilines is 2. The summed E-state index contributed by atoms with van der Waals surface area (Å²) in [4.78, 5) is 24.9. The van der Waals surface area contributed by atoms with Crippen molar-refractivity contribution in [1.82, 2.24) is 0 Å². The summed E-state index contributed by atoms with van der Waals surface area (Å²) in [5.41, 5.74) is -0.0943. The molecule has 7 heteroatoms. The van der Waals surface area contributed by atoms with Gasteiger partial charge >= 0.3 is 0 Å². The Hall–Kier alpha value is -2.47. The molecule has 0 aliphatic heterocycles. The first-order valence-corrected chi connectivity index (χ1v) is 7.04. The van der Waals surface area contributed by atoms with Gasteiger partial charge in [0, 0.05) is 17.6 Å². The first-order chi connectivity index (χ1) is 10.9. The number of halogens is 3. The van der Waals surface area contributed by atoms with Crippen molar-refractivity contribution < 1.29 is 18.4 Å². The topological polar surface area (TPSA) is 49.4 Å². The Bertz CT molecular complexity index is 715. The molecule has 4 nitrogen and oxygen atoms in total. The molecule has 2 amide bonds. The highest BCUT2D eigenvalue weighted by molar-refractivity contribution is 6.30. The molecule has 0 bridgehead atoms. The molecule has 2 aromatic carbocycles. The third-order valence-corrected chi connectivity index (χ3v) is 3.30. The number of benzene rings is 2. The number of hydrogen-bond donors (Lipinski definition) is 1. The number of carbonyl (C=O) groups excluding carboxylic acids is 2. The largest absolute Gasteiger partial charge is 0.320 e. The lowest BCUT2D eigenvalue weighted by atomic mass is 10.2. The maximum Gasteiger partial charge on any atom is 0.244 e. The molecule has 0 aliphatic carbocycles. The Kier molecular flexibility index (Phi) is 5.28. The van der Waals surface area contributed by atoms with Crippen molar-refractivity contribution in [1.29, 1.82) is 0 Å². The highest BCUT2D eigenvalue weighted by Crippen LogP contribution is 2.20. The molecule has 0 spiro atoms. The van der Waals surface area contributed by atoms with Crippen LogP contribution in [0.4, 0.5) is 20.2 Å². The molecule has 0 fully saturated rings. The molecule has 1 N–H and O–H groups in total. The van der Waals surface area contributed by atoms with Gasteiger partial charge in [0.05, 0.1) is 0 Å². The predicted molar refractivity (Wildman–Crippen MR) is 84.5 cm³/mol. The van der Waals surface area contributed by atoms with Crippen molar-refractivity contribution in [2.45, 2.75) is 6.92 Å². The quantitative estimate of drug-likeness (QED) is 0.925. The van der Waals surface area contributed by atoms with Crippen molar-refractivity contribution in [2.75, 3.05) is 16.8 Å². The lowest BCUT2D eigenvalue weighted by molar-refractivity contribution is -0.120. The zero-order valence-electron chi connectivity index (χ0n) is 12.1. The summed E-state index contributed by atoms with van der Waals surface area (Å²) in [6, 6.07) is 9.53. The molecule has 0 unspecified atom stereocenters. The average molecular weight is 339 g/mol. The second-order valence-corrected chi connectivity index (χ2v) is 5.16. The van der Waals surface area contributed by atoms with Crippen LogP contribution >= 0.6 is 11.6 Å². The van der Waals surface area contributed by atoms with Gasteiger partial charge in [0.25, 0.3) is 0 Å². The van der Waals surface area contributed by atoms with Crippen molar-refractivity contribution in [3.63, 3.8) is 0 Å². The Morgan fingerprint density at radius 3 is 2.17 bits per heavy atom. The fraction of sp³-hybridized carbons (Fsp3) is 0.125. The standard InChI is InChI=1S/C16H13ClF2N2O2/c1-10(22)21(12-7-5-11(17)6-8-12)9-15(23)20-16-13(18)3-2-4-14(16)19/h2-8H,9H2,1H3,(H,20,23). The minimum atomic E-state index is -0.890. The number of nitrogens with one attached hydrogen (secondary N) is 1. The summed E-state index contributed by atoms with van der Waals surface area (Å²) in [6.45, 7) is 0.899. The lowest BCUT2D eigenvalue weighted by Gasteiger charge is -2.21. The molecular weight excluding hydrogens is 326 g/mol. The first kappa shape index (κ1) is 16.9. The van der Waals surface area contributed by atoms with Crippen molar-refractivity contribution in [3.8, 4) is 0 Å². The van der Waals surface area contributed by atoms with Crippen LogP contribution in [0, 0.1) is 11.6 Å². The number of para-hydroxylation sites is 1. The lowest BCUT2D eigenvalue weighted by Crippen LogP contribution is -2.36. The van der Waals surface area contributed by atoms with E-state index in [1.807, 2.05) is 0 Å². The van der Waals surface area contributed by atoms with Gasteiger partial charge in [-0.25, -0.2) is 8.78 Å². The third-order valence-electron chi connectivity index (χ3n) is 3.05. The van der Waals surface area contributed by atoms with Crippen LogP contribution < -0.4 is 10.2 Å². The third kappa shape index (κ3) is 4.26. The number of carbonyl (C=O) groups is 2.